The van der Waals surface area contributed by atoms with E-state index in [9.17, 15) is 4.79 Å². The summed E-state index contributed by atoms with van der Waals surface area (Å²) in [7, 11) is 2.16. The molecule has 1 aromatic carbocycles. The average molecular weight is 354 g/mol. The predicted octanol–water partition coefficient (Wildman–Crippen LogP) is 3.95. The molecular weight excluding hydrogens is 324 g/mol. The molecule has 1 aromatic heterocycles. The molecule has 0 bridgehead atoms. The third kappa shape index (κ3) is 4.36. The zero-order chi connectivity index (χ0) is 18.7. The minimum Gasteiger partial charge on any atom is -0.469 e. The number of nitrogens with one attached hydrogen (secondary N) is 1. The van der Waals surface area contributed by atoms with Gasteiger partial charge in [-0.2, -0.15) is 0 Å². The van der Waals surface area contributed by atoms with Crippen LogP contribution in [0.4, 0.5) is 0 Å². The van der Waals surface area contributed by atoms with Gasteiger partial charge in [-0.1, -0.05) is 36.8 Å². The number of aryl methyl sites for hydroxylation is 1. The second-order valence-corrected chi connectivity index (χ2v) is 7.86. The van der Waals surface area contributed by atoms with Gasteiger partial charge >= 0.3 is 0 Å². The lowest BCUT2D eigenvalue weighted by Gasteiger charge is -2.40. The van der Waals surface area contributed by atoms with E-state index < -0.39 is 0 Å². The van der Waals surface area contributed by atoms with Gasteiger partial charge in [-0.25, -0.2) is 0 Å². The summed E-state index contributed by atoms with van der Waals surface area (Å²) in [5.74, 6) is 1.35. The molecule has 1 fully saturated rings. The summed E-state index contributed by atoms with van der Waals surface area (Å²) in [5, 5.41) is 3.29. The van der Waals surface area contributed by atoms with Gasteiger partial charge in [0.25, 0.3) is 0 Å². The Balaban J connectivity index is 1.71. The van der Waals surface area contributed by atoms with Crippen molar-refractivity contribution in [3.8, 4) is 0 Å². The summed E-state index contributed by atoms with van der Waals surface area (Å²) < 4.78 is 5.64. The Morgan fingerprint density at radius 2 is 2.00 bits per heavy atom. The van der Waals surface area contributed by atoms with E-state index in [2.05, 4.69) is 62.3 Å². The maximum Gasteiger partial charge on any atom is 0.221 e. The largest absolute Gasteiger partial charge is 0.469 e. The number of amides is 1. The van der Waals surface area contributed by atoms with Crippen molar-refractivity contribution in [2.45, 2.75) is 51.6 Å². The standard InChI is InChI=1S/C22H30N2O2/c1-15-7-9-18(10-8-15)19(21-6-5-11-26-21)13-22(25)23-20-12-17(3)24(4)14-16(20)2/h5-11,16-17,19-20H,12-14H2,1-4H3,(H,23,25)/t16-,17+,19+,20-/m0/s1. The molecule has 26 heavy (non-hydrogen) atoms. The van der Waals surface area contributed by atoms with Crippen molar-refractivity contribution >= 4 is 5.91 Å². The number of nitrogens with zero attached hydrogens (tertiary/aromatic N) is 1. The number of furan rings is 1. The highest BCUT2D eigenvalue weighted by atomic mass is 16.3. The third-order valence-corrected chi connectivity index (χ3v) is 5.71. The lowest BCUT2D eigenvalue weighted by molar-refractivity contribution is -0.123. The van der Waals surface area contributed by atoms with Crippen LogP contribution in [0, 0.1) is 12.8 Å². The van der Waals surface area contributed by atoms with Crippen LogP contribution in [0.1, 0.15) is 49.5 Å². The highest BCUT2D eigenvalue weighted by molar-refractivity contribution is 5.77. The summed E-state index contributed by atoms with van der Waals surface area (Å²) >= 11 is 0. The monoisotopic (exact) mass is 354 g/mol. The van der Waals surface area contributed by atoms with Gasteiger partial charge in [0.15, 0.2) is 0 Å². The fourth-order valence-electron chi connectivity index (χ4n) is 3.86. The van der Waals surface area contributed by atoms with Crippen molar-refractivity contribution in [2.75, 3.05) is 13.6 Å². The summed E-state index contributed by atoms with van der Waals surface area (Å²) in [6.07, 6.45) is 3.08. The van der Waals surface area contributed by atoms with Crippen LogP contribution in [0.2, 0.25) is 0 Å². The number of rotatable bonds is 5. The number of carbonyl (C=O) groups excluding carboxylic acids is 1. The first-order chi connectivity index (χ1) is 12.4. The highest BCUT2D eigenvalue weighted by Crippen LogP contribution is 2.29. The average Bonchev–Trinajstić information content (AvgIpc) is 3.13. The molecule has 4 nitrogen and oxygen atoms in total. The minimum absolute atomic E-state index is 0.0513. The van der Waals surface area contributed by atoms with E-state index >= 15 is 0 Å². The fourth-order valence-corrected chi connectivity index (χ4v) is 3.86. The summed E-state index contributed by atoms with van der Waals surface area (Å²) in [6, 6.07) is 12.9. The molecular formula is C22H30N2O2. The lowest BCUT2D eigenvalue weighted by Crippen LogP contribution is -2.52. The third-order valence-electron chi connectivity index (χ3n) is 5.71. The lowest BCUT2D eigenvalue weighted by atomic mass is 9.88. The number of carbonyl (C=O) groups is 1. The Morgan fingerprint density at radius 1 is 1.27 bits per heavy atom. The van der Waals surface area contributed by atoms with E-state index in [0.29, 0.717) is 18.4 Å². The molecule has 4 atom stereocenters. The van der Waals surface area contributed by atoms with Crippen LogP contribution in [0.15, 0.2) is 47.1 Å². The number of piperidine rings is 1. The number of benzene rings is 1. The molecule has 2 aromatic rings. The fraction of sp³-hybridized carbons (Fsp3) is 0.500. The SMILES string of the molecule is Cc1ccc([C@@H](CC(=O)N[C@H]2C[C@@H](C)N(C)C[C@@H]2C)c2ccco2)cc1. The van der Waals surface area contributed by atoms with E-state index in [-0.39, 0.29) is 17.9 Å². The molecule has 140 valence electrons. The van der Waals surface area contributed by atoms with Crippen LogP contribution < -0.4 is 5.32 Å². The van der Waals surface area contributed by atoms with Crippen LogP contribution in [0.25, 0.3) is 0 Å². The van der Waals surface area contributed by atoms with Gasteiger partial charge in [-0.05, 0) is 50.9 Å². The van der Waals surface area contributed by atoms with Crippen LogP contribution in [-0.2, 0) is 4.79 Å². The minimum atomic E-state index is -0.0513. The van der Waals surface area contributed by atoms with Crippen molar-refractivity contribution in [1.82, 2.24) is 10.2 Å². The molecule has 0 unspecified atom stereocenters. The number of likely N-dealkylation sites (tertiary alicyclic amines) is 1. The Kier molecular flexibility index (Phi) is 5.82. The van der Waals surface area contributed by atoms with Crippen LogP contribution in [0.5, 0.6) is 0 Å². The predicted molar refractivity (Wildman–Crippen MR) is 104 cm³/mol. The molecule has 0 spiro atoms. The molecule has 1 saturated heterocycles. The second-order valence-electron chi connectivity index (χ2n) is 7.86. The Bertz CT molecular complexity index is 708. The summed E-state index contributed by atoms with van der Waals surface area (Å²) in [4.78, 5) is 15.2. The summed E-state index contributed by atoms with van der Waals surface area (Å²) in [5.41, 5.74) is 2.33. The van der Waals surface area contributed by atoms with E-state index in [0.717, 1.165) is 24.3 Å². The van der Waals surface area contributed by atoms with Gasteiger partial charge in [0, 0.05) is 25.0 Å². The number of hydrogen-bond donors (Lipinski definition) is 1. The van der Waals surface area contributed by atoms with Crippen LogP contribution >= 0.6 is 0 Å². The van der Waals surface area contributed by atoms with Crippen molar-refractivity contribution < 1.29 is 9.21 Å². The van der Waals surface area contributed by atoms with Gasteiger partial charge < -0.3 is 14.6 Å². The van der Waals surface area contributed by atoms with Crippen molar-refractivity contribution in [1.29, 1.82) is 0 Å². The van der Waals surface area contributed by atoms with Gasteiger partial charge in [0.05, 0.1) is 12.2 Å². The molecule has 1 aliphatic heterocycles. The van der Waals surface area contributed by atoms with Gasteiger partial charge in [0.1, 0.15) is 5.76 Å². The molecule has 4 heteroatoms. The molecule has 1 aliphatic rings. The van der Waals surface area contributed by atoms with Gasteiger partial charge in [-0.3, -0.25) is 4.79 Å². The normalized spacial score (nSPS) is 25.0. The first-order valence-electron chi connectivity index (χ1n) is 9.53. The highest BCUT2D eigenvalue weighted by Gasteiger charge is 2.31. The topological polar surface area (TPSA) is 45.5 Å². The quantitative estimate of drug-likeness (QED) is 0.884. The van der Waals surface area contributed by atoms with Gasteiger partial charge in [-0.15, -0.1) is 0 Å². The Labute approximate surface area is 156 Å². The number of hydrogen-bond acceptors (Lipinski definition) is 3. The van der Waals surface area contributed by atoms with Crippen molar-refractivity contribution in [2.24, 2.45) is 5.92 Å². The maximum absolute atomic E-state index is 12.8. The molecule has 1 amide bonds. The molecule has 3 rings (SSSR count). The van der Waals surface area contributed by atoms with Crippen molar-refractivity contribution in [3.05, 3.63) is 59.5 Å². The first kappa shape index (κ1) is 18.7. The van der Waals surface area contributed by atoms with E-state index in [1.165, 1.54) is 5.56 Å². The van der Waals surface area contributed by atoms with Gasteiger partial charge in [0.2, 0.25) is 5.91 Å². The molecule has 2 heterocycles. The maximum atomic E-state index is 12.8. The van der Waals surface area contributed by atoms with Crippen LogP contribution in [-0.4, -0.2) is 36.5 Å². The first-order valence-corrected chi connectivity index (χ1v) is 9.53. The Morgan fingerprint density at radius 3 is 2.65 bits per heavy atom. The smallest absolute Gasteiger partial charge is 0.221 e. The zero-order valence-electron chi connectivity index (χ0n) is 16.2. The second kappa shape index (κ2) is 8.09. The molecule has 1 N–H and O–H groups in total. The van der Waals surface area contributed by atoms with E-state index in [1.807, 2.05) is 12.1 Å². The summed E-state index contributed by atoms with van der Waals surface area (Å²) in [6.45, 7) is 7.53. The molecule has 0 aliphatic carbocycles. The van der Waals surface area contributed by atoms with E-state index in [1.54, 1.807) is 6.26 Å². The van der Waals surface area contributed by atoms with E-state index in [4.69, 9.17) is 4.42 Å². The van der Waals surface area contributed by atoms with Crippen LogP contribution in [0.3, 0.4) is 0 Å². The molecule has 0 radical (unpaired) electrons. The molecule has 0 saturated carbocycles. The zero-order valence-corrected chi connectivity index (χ0v) is 16.2. The van der Waals surface area contributed by atoms with Crippen molar-refractivity contribution in [3.63, 3.8) is 0 Å². The Hall–Kier alpha value is -2.07.